The Hall–Kier alpha value is -2.43. The van der Waals surface area contributed by atoms with E-state index in [9.17, 15) is 0 Å². The average Bonchev–Trinajstić information content (AvgIpc) is 2.44. The number of rotatable bonds is 6. The number of hydrogen-bond donors (Lipinski definition) is 2. The molecule has 5 heteroatoms. The first-order valence-corrected chi connectivity index (χ1v) is 7.01. The minimum absolute atomic E-state index is 0.0283. The third-order valence-corrected chi connectivity index (χ3v) is 2.67. The van der Waals surface area contributed by atoms with Crippen molar-refractivity contribution in [1.29, 1.82) is 0 Å². The van der Waals surface area contributed by atoms with E-state index in [0.717, 1.165) is 11.4 Å². The number of nitrogens with one attached hydrogen (secondary N) is 1. The normalized spacial score (nSPS) is 10.5. The molecule has 1 aromatic carbocycles. The van der Waals surface area contributed by atoms with Crippen molar-refractivity contribution in [3.05, 3.63) is 36.4 Å². The molecule has 0 bridgehead atoms. The SMILES string of the molecule is CCOc1ccc(Nc2ccc(N)c(OC(C)C)n2)cc1. The Bertz CT molecular complexity index is 583. The van der Waals surface area contributed by atoms with Gasteiger partial charge in [0.25, 0.3) is 0 Å². The largest absolute Gasteiger partial charge is 0.494 e. The molecular formula is C16H21N3O2. The molecule has 0 fully saturated rings. The first kappa shape index (κ1) is 15.0. The number of anilines is 3. The highest BCUT2D eigenvalue weighted by Crippen LogP contribution is 2.25. The van der Waals surface area contributed by atoms with Crippen LogP contribution in [0.3, 0.4) is 0 Å². The molecule has 2 rings (SSSR count). The van der Waals surface area contributed by atoms with Gasteiger partial charge in [0, 0.05) is 5.69 Å². The summed E-state index contributed by atoms with van der Waals surface area (Å²) in [7, 11) is 0. The van der Waals surface area contributed by atoms with Gasteiger partial charge in [-0.15, -0.1) is 0 Å². The molecule has 0 amide bonds. The first-order valence-electron chi connectivity index (χ1n) is 7.01. The summed E-state index contributed by atoms with van der Waals surface area (Å²) in [6.45, 7) is 6.49. The molecule has 0 atom stereocenters. The fraction of sp³-hybridized carbons (Fsp3) is 0.312. The number of nitrogen functional groups attached to an aromatic ring is 1. The van der Waals surface area contributed by atoms with Gasteiger partial charge < -0.3 is 20.5 Å². The zero-order valence-electron chi connectivity index (χ0n) is 12.6. The van der Waals surface area contributed by atoms with E-state index in [2.05, 4.69) is 10.3 Å². The van der Waals surface area contributed by atoms with Gasteiger partial charge in [0.15, 0.2) is 0 Å². The fourth-order valence-electron chi connectivity index (χ4n) is 1.79. The highest BCUT2D eigenvalue weighted by molar-refractivity contribution is 5.61. The Balaban J connectivity index is 2.11. The predicted molar refractivity (Wildman–Crippen MR) is 85.3 cm³/mol. The minimum atomic E-state index is 0.0283. The van der Waals surface area contributed by atoms with Crippen LogP contribution in [0.5, 0.6) is 11.6 Å². The van der Waals surface area contributed by atoms with Crippen molar-refractivity contribution < 1.29 is 9.47 Å². The molecule has 0 saturated heterocycles. The summed E-state index contributed by atoms with van der Waals surface area (Å²) < 4.78 is 11.0. The molecule has 5 nitrogen and oxygen atoms in total. The van der Waals surface area contributed by atoms with Gasteiger partial charge in [0.1, 0.15) is 11.6 Å². The quantitative estimate of drug-likeness (QED) is 0.849. The van der Waals surface area contributed by atoms with Crippen LogP contribution in [0.25, 0.3) is 0 Å². The molecule has 2 aromatic rings. The van der Waals surface area contributed by atoms with E-state index in [1.165, 1.54) is 0 Å². The van der Waals surface area contributed by atoms with Crippen LogP contribution in [-0.4, -0.2) is 17.7 Å². The maximum Gasteiger partial charge on any atom is 0.239 e. The van der Waals surface area contributed by atoms with Crippen molar-refractivity contribution in [2.45, 2.75) is 26.9 Å². The van der Waals surface area contributed by atoms with Crippen LogP contribution in [0.2, 0.25) is 0 Å². The highest BCUT2D eigenvalue weighted by atomic mass is 16.5. The van der Waals surface area contributed by atoms with E-state index in [-0.39, 0.29) is 6.10 Å². The van der Waals surface area contributed by atoms with E-state index >= 15 is 0 Å². The zero-order valence-corrected chi connectivity index (χ0v) is 12.6. The van der Waals surface area contributed by atoms with Gasteiger partial charge in [-0.1, -0.05) is 0 Å². The first-order chi connectivity index (χ1) is 10.1. The van der Waals surface area contributed by atoms with Gasteiger partial charge in [-0.2, -0.15) is 4.98 Å². The van der Waals surface area contributed by atoms with Gasteiger partial charge in [-0.05, 0) is 57.2 Å². The molecule has 0 saturated carbocycles. The van der Waals surface area contributed by atoms with E-state index in [1.54, 1.807) is 6.07 Å². The third kappa shape index (κ3) is 4.27. The second-order valence-electron chi connectivity index (χ2n) is 4.84. The van der Waals surface area contributed by atoms with Gasteiger partial charge in [0.2, 0.25) is 5.88 Å². The number of nitrogens with two attached hydrogens (primary N) is 1. The number of benzene rings is 1. The van der Waals surface area contributed by atoms with Gasteiger partial charge in [-0.25, -0.2) is 0 Å². The van der Waals surface area contributed by atoms with Crippen molar-refractivity contribution in [2.24, 2.45) is 0 Å². The topological polar surface area (TPSA) is 69.4 Å². The Labute approximate surface area is 125 Å². The van der Waals surface area contributed by atoms with E-state index in [1.807, 2.05) is 51.1 Å². The van der Waals surface area contributed by atoms with E-state index in [0.29, 0.717) is 24.0 Å². The van der Waals surface area contributed by atoms with Crippen molar-refractivity contribution in [3.63, 3.8) is 0 Å². The molecule has 0 aliphatic rings. The molecule has 21 heavy (non-hydrogen) atoms. The molecule has 1 heterocycles. The number of ether oxygens (including phenoxy) is 2. The number of nitrogens with zero attached hydrogens (tertiary/aromatic N) is 1. The zero-order chi connectivity index (χ0) is 15.2. The van der Waals surface area contributed by atoms with Gasteiger partial charge in [-0.3, -0.25) is 0 Å². The smallest absolute Gasteiger partial charge is 0.239 e. The number of aromatic nitrogens is 1. The summed E-state index contributed by atoms with van der Waals surface area (Å²) >= 11 is 0. The summed E-state index contributed by atoms with van der Waals surface area (Å²) in [4.78, 5) is 4.38. The Morgan fingerprint density at radius 1 is 1.14 bits per heavy atom. The van der Waals surface area contributed by atoms with Gasteiger partial charge in [0.05, 0.1) is 18.4 Å². The van der Waals surface area contributed by atoms with Crippen LogP contribution in [0.1, 0.15) is 20.8 Å². The Morgan fingerprint density at radius 3 is 2.48 bits per heavy atom. The maximum atomic E-state index is 5.85. The predicted octanol–water partition coefficient (Wildman–Crippen LogP) is 3.59. The number of pyridine rings is 1. The molecule has 112 valence electrons. The highest BCUT2D eigenvalue weighted by Gasteiger charge is 2.06. The molecule has 0 unspecified atom stereocenters. The number of hydrogen-bond acceptors (Lipinski definition) is 5. The summed E-state index contributed by atoms with van der Waals surface area (Å²) in [6, 6.07) is 11.3. The van der Waals surface area contributed by atoms with Crippen molar-refractivity contribution in [1.82, 2.24) is 4.98 Å². The lowest BCUT2D eigenvalue weighted by atomic mass is 10.3. The molecule has 0 radical (unpaired) electrons. The van der Waals surface area contributed by atoms with Crippen LogP contribution < -0.4 is 20.5 Å². The minimum Gasteiger partial charge on any atom is -0.494 e. The van der Waals surface area contributed by atoms with Crippen LogP contribution >= 0.6 is 0 Å². The summed E-state index contributed by atoms with van der Waals surface area (Å²) in [6.07, 6.45) is 0.0283. The fourth-order valence-corrected chi connectivity index (χ4v) is 1.79. The third-order valence-electron chi connectivity index (χ3n) is 2.67. The second-order valence-corrected chi connectivity index (χ2v) is 4.84. The van der Waals surface area contributed by atoms with Crippen molar-refractivity contribution in [2.75, 3.05) is 17.7 Å². The lowest BCUT2D eigenvalue weighted by Gasteiger charge is -2.13. The molecule has 3 N–H and O–H groups in total. The summed E-state index contributed by atoms with van der Waals surface area (Å²) in [5.74, 6) is 1.97. The van der Waals surface area contributed by atoms with Crippen LogP contribution in [0.4, 0.5) is 17.2 Å². The maximum absolute atomic E-state index is 5.85. The van der Waals surface area contributed by atoms with Gasteiger partial charge >= 0.3 is 0 Å². The van der Waals surface area contributed by atoms with Crippen LogP contribution in [0.15, 0.2) is 36.4 Å². The Morgan fingerprint density at radius 2 is 1.86 bits per heavy atom. The monoisotopic (exact) mass is 287 g/mol. The van der Waals surface area contributed by atoms with Crippen LogP contribution in [-0.2, 0) is 0 Å². The standard InChI is InChI=1S/C16H21N3O2/c1-4-20-13-7-5-12(6-8-13)18-15-10-9-14(17)16(19-15)21-11(2)3/h5-11H,4,17H2,1-3H3,(H,18,19). The average molecular weight is 287 g/mol. The molecule has 0 spiro atoms. The second kappa shape index (κ2) is 6.83. The lowest BCUT2D eigenvalue weighted by Crippen LogP contribution is -2.09. The summed E-state index contributed by atoms with van der Waals surface area (Å²) in [5, 5.41) is 3.21. The van der Waals surface area contributed by atoms with E-state index in [4.69, 9.17) is 15.2 Å². The molecule has 0 aliphatic heterocycles. The van der Waals surface area contributed by atoms with Crippen molar-refractivity contribution in [3.8, 4) is 11.6 Å². The Kier molecular flexibility index (Phi) is 4.87. The summed E-state index contributed by atoms with van der Waals surface area (Å²) in [5.41, 5.74) is 7.30. The van der Waals surface area contributed by atoms with E-state index < -0.39 is 0 Å². The molecular weight excluding hydrogens is 266 g/mol. The van der Waals surface area contributed by atoms with Crippen LogP contribution in [0, 0.1) is 0 Å². The molecule has 0 aliphatic carbocycles. The lowest BCUT2D eigenvalue weighted by molar-refractivity contribution is 0.234. The molecule has 1 aromatic heterocycles. The van der Waals surface area contributed by atoms with Crippen molar-refractivity contribution >= 4 is 17.2 Å².